The number of benzene rings is 1. The lowest BCUT2D eigenvalue weighted by molar-refractivity contribution is -0.384. The number of ether oxygens (including phenoxy) is 1. The van der Waals surface area contributed by atoms with E-state index in [0.717, 1.165) is 0 Å². The van der Waals surface area contributed by atoms with Gasteiger partial charge in [-0.15, -0.1) is 0 Å². The molecular formula is C12H16N2O5. The summed E-state index contributed by atoms with van der Waals surface area (Å²) in [5, 5.41) is 22.3. The molecule has 1 aromatic rings. The Morgan fingerprint density at radius 1 is 1.58 bits per heavy atom. The van der Waals surface area contributed by atoms with Crippen LogP contribution in [-0.4, -0.2) is 35.2 Å². The van der Waals surface area contributed by atoms with Gasteiger partial charge in [-0.1, -0.05) is 13.0 Å². The second kappa shape index (κ2) is 7.32. The zero-order valence-electron chi connectivity index (χ0n) is 10.5. The quantitative estimate of drug-likeness (QED) is 0.546. The minimum atomic E-state index is -0.940. The first-order chi connectivity index (χ1) is 9.04. The number of likely N-dealkylation sites (N-methyl/N-ethyl adjacent to an activating group) is 1. The lowest BCUT2D eigenvalue weighted by Crippen LogP contribution is -2.37. The number of aliphatic carboxylic acids is 1. The zero-order valence-corrected chi connectivity index (χ0v) is 10.5. The van der Waals surface area contributed by atoms with Crippen LogP contribution in [0.1, 0.15) is 13.3 Å². The van der Waals surface area contributed by atoms with E-state index in [1.165, 1.54) is 18.2 Å². The van der Waals surface area contributed by atoms with Crippen LogP contribution in [0.4, 0.5) is 5.69 Å². The summed E-state index contributed by atoms with van der Waals surface area (Å²) in [5.74, 6) is -0.584. The highest BCUT2D eigenvalue weighted by atomic mass is 16.6. The maximum absolute atomic E-state index is 10.9. The smallest absolute Gasteiger partial charge is 0.320 e. The van der Waals surface area contributed by atoms with Crippen LogP contribution in [0.2, 0.25) is 0 Å². The summed E-state index contributed by atoms with van der Waals surface area (Å²) in [5.41, 5.74) is -0.0565. The number of rotatable bonds is 8. The lowest BCUT2D eigenvalue weighted by Gasteiger charge is -2.13. The van der Waals surface area contributed by atoms with Gasteiger partial charge in [0.2, 0.25) is 0 Å². The van der Waals surface area contributed by atoms with Crippen molar-refractivity contribution in [2.45, 2.75) is 19.4 Å². The first-order valence-corrected chi connectivity index (χ1v) is 5.88. The van der Waals surface area contributed by atoms with Crippen molar-refractivity contribution in [1.29, 1.82) is 0 Å². The van der Waals surface area contributed by atoms with Gasteiger partial charge in [0.1, 0.15) is 11.8 Å². The van der Waals surface area contributed by atoms with E-state index in [2.05, 4.69) is 5.32 Å². The molecule has 19 heavy (non-hydrogen) atoms. The number of nitrogens with zero attached hydrogens (tertiary/aromatic N) is 1. The number of nitrogens with one attached hydrogen (secondary N) is 1. The molecule has 1 unspecified atom stereocenters. The summed E-state index contributed by atoms with van der Waals surface area (Å²) < 4.78 is 5.32. The third kappa shape index (κ3) is 4.92. The minimum absolute atomic E-state index is 0.0565. The Labute approximate surface area is 110 Å². The maximum Gasteiger partial charge on any atom is 0.320 e. The molecule has 7 heteroatoms. The molecule has 0 aromatic heterocycles. The predicted molar refractivity (Wildman–Crippen MR) is 68.3 cm³/mol. The van der Waals surface area contributed by atoms with E-state index in [-0.39, 0.29) is 18.7 Å². The van der Waals surface area contributed by atoms with Crippen LogP contribution in [0, 0.1) is 10.1 Å². The van der Waals surface area contributed by atoms with Crippen molar-refractivity contribution >= 4 is 11.7 Å². The monoisotopic (exact) mass is 268 g/mol. The number of carboxylic acids is 1. The molecule has 0 aliphatic carbocycles. The molecule has 0 amide bonds. The van der Waals surface area contributed by atoms with Gasteiger partial charge in [-0.05, 0) is 12.6 Å². The first-order valence-electron chi connectivity index (χ1n) is 5.88. The Morgan fingerprint density at radius 3 is 2.89 bits per heavy atom. The fourth-order valence-electron chi connectivity index (χ4n) is 1.54. The van der Waals surface area contributed by atoms with Gasteiger partial charge >= 0.3 is 5.97 Å². The maximum atomic E-state index is 10.9. The van der Waals surface area contributed by atoms with Crippen molar-refractivity contribution in [3.8, 4) is 5.75 Å². The molecule has 104 valence electrons. The van der Waals surface area contributed by atoms with E-state index in [1.54, 1.807) is 6.07 Å². The third-order valence-corrected chi connectivity index (χ3v) is 2.45. The van der Waals surface area contributed by atoms with Crippen molar-refractivity contribution in [3.63, 3.8) is 0 Å². The highest BCUT2D eigenvalue weighted by Crippen LogP contribution is 2.19. The average molecular weight is 268 g/mol. The Balaban J connectivity index is 2.50. The van der Waals surface area contributed by atoms with E-state index in [0.29, 0.717) is 12.3 Å². The molecule has 0 heterocycles. The minimum Gasteiger partial charge on any atom is -0.493 e. The van der Waals surface area contributed by atoms with Gasteiger partial charge in [0, 0.05) is 12.5 Å². The Hall–Kier alpha value is -2.15. The van der Waals surface area contributed by atoms with Gasteiger partial charge in [-0.3, -0.25) is 14.9 Å². The van der Waals surface area contributed by atoms with Crippen LogP contribution >= 0.6 is 0 Å². The summed E-state index contributed by atoms with van der Waals surface area (Å²) in [7, 11) is 0. The molecule has 1 rings (SSSR count). The van der Waals surface area contributed by atoms with Gasteiger partial charge in [0.15, 0.2) is 0 Å². The van der Waals surface area contributed by atoms with E-state index in [4.69, 9.17) is 9.84 Å². The highest BCUT2D eigenvalue weighted by Gasteiger charge is 2.15. The number of hydrogen-bond acceptors (Lipinski definition) is 5. The van der Waals surface area contributed by atoms with Gasteiger partial charge in [0.05, 0.1) is 17.6 Å². The third-order valence-electron chi connectivity index (χ3n) is 2.45. The fraction of sp³-hybridized carbons (Fsp3) is 0.417. The predicted octanol–water partition coefficient (Wildman–Crippen LogP) is 1.43. The lowest BCUT2D eigenvalue weighted by atomic mass is 10.2. The van der Waals surface area contributed by atoms with Crippen LogP contribution in [0.3, 0.4) is 0 Å². The molecule has 0 fully saturated rings. The summed E-state index contributed by atoms with van der Waals surface area (Å²) >= 11 is 0. The van der Waals surface area contributed by atoms with Crippen molar-refractivity contribution in [2.24, 2.45) is 0 Å². The molecule has 1 atom stereocenters. The van der Waals surface area contributed by atoms with Crippen molar-refractivity contribution < 1.29 is 19.6 Å². The van der Waals surface area contributed by atoms with Crippen molar-refractivity contribution in [2.75, 3.05) is 13.2 Å². The molecule has 7 nitrogen and oxygen atoms in total. The van der Waals surface area contributed by atoms with Gasteiger partial charge in [-0.25, -0.2) is 0 Å². The topological polar surface area (TPSA) is 102 Å². The van der Waals surface area contributed by atoms with E-state index in [1.807, 2.05) is 6.92 Å². The second-order valence-corrected chi connectivity index (χ2v) is 3.84. The van der Waals surface area contributed by atoms with Crippen molar-refractivity contribution in [3.05, 3.63) is 34.4 Å². The van der Waals surface area contributed by atoms with Crippen molar-refractivity contribution in [1.82, 2.24) is 5.32 Å². The number of carboxylic acid groups (broad SMARTS) is 1. The van der Waals surface area contributed by atoms with Crippen LogP contribution in [0.5, 0.6) is 5.75 Å². The highest BCUT2D eigenvalue weighted by molar-refractivity contribution is 5.73. The van der Waals surface area contributed by atoms with Crippen LogP contribution < -0.4 is 10.1 Å². The Morgan fingerprint density at radius 2 is 2.32 bits per heavy atom. The number of nitro groups is 1. The SMILES string of the molecule is CCNC(CCOc1cccc([N+](=O)[O-])c1)C(=O)O. The number of nitro benzene ring substituents is 1. The van der Waals surface area contributed by atoms with Crippen LogP contribution in [0.15, 0.2) is 24.3 Å². The summed E-state index contributed by atoms with van der Waals surface area (Å²) in [6.45, 7) is 2.54. The fourth-order valence-corrected chi connectivity index (χ4v) is 1.54. The average Bonchev–Trinajstić information content (AvgIpc) is 2.38. The van der Waals surface area contributed by atoms with E-state index < -0.39 is 16.9 Å². The molecule has 0 aliphatic rings. The summed E-state index contributed by atoms with van der Waals surface area (Å²) in [4.78, 5) is 20.9. The molecule has 0 bridgehead atoms. The molecule has 0 radical (unpaired) electrons. The Bertz CT molecular complexity index is 450. The summed E-state index contributed by atoms with van der Waals surface area (Å²) in [6, 6.07) is 5.11. The molecule has 0 aliphatic heterocycles. The largest absolute Gasteiger partial charge is 0.493 e. The molecule has 0 spiro atoms. The molecule has 0 saturated heterocycles. The standard InChI is InChI=1S/C12H16N2O5/c1-2-13-11(12(15)16)6-7-19-10-5-3-4-9(8-10)14(17)18/h3-5,8,11,13H,2,6-7H2,1H3,(H,15,16). The first kappa shape index (κ1) is 14.9. The van der Waals surface area contributed by atoms with E-state index >= 15 is 0 Å². The second-order valence-electron chi connectivity index (χ2n) is 3.84. The van der Waals surface area contributed by atoms with Gasteiger partial charge in [-0.2, -0.15) is 0 Å². The number of carbonyl (C=O) groups is 1. The molecule has 2 N–H and O–H groups in total. The van der Waals surface area contributed by atoms with Gasteiger partial charge < -0.3 is 15.2 Å². The number of non-ortho nitro benzene ring substituents is 1. The molecule has 0 saturated carbocycles. The summed E-state index contributed by atoms with van der Waals surface area (Å²) in [6.07, 6.45) is 0.284. The normalized spacial score (nSPS) is 11.8. The van der Waals surface area contributed by atoms with Gasteiger partial charge in [0.25, 0.3) is 5.69 Å². The zero-order chi connectivity index (χ0) is 14.3. The van der Waals surface area contributed by atoms with E-state index in [9.17, 15) is 14.9 Å². The van der Waals surface area contributed by atoms with Crippen LogP contribution in [0.25, 0.3) is 0 Å². The van der Waals surface area contributed by atoms with Crippen LogP contribution in [-0.2, 0) is 4.79 Å². The Kier molecular flexibility index (Phi) is 5.74. The molecular weight excluding hydrogens is 252 g/mol. The number of hydrogen-bond donors (Lipinski definition) is 2. The molecule has 1 aromatic carbocycles.